The number of aromatic nitrogens is 10. The van der Waals surface area contributed by atoms with E-state index in [1.807, 2.05) is 24.8 Å². The lowest BCUT2D eigenvalue weighted by atomic mass is 9.82. The molecule has 18 aromatic carbocycles. The molecule has 10 nitrogen and oxygen atoms in total. The first-order valence-electron chi connectivity index (χ1n) is 44.3. The van der Waals surface area contributed by atoms with Gasteiger partial charge in [-0.1, -0.05) is 210 Å². The fourth-order valence-electron chi connectivity index (χ4n) is 23.8. The van der Waals surface area contributed by atoms with Gasteiger partial charge < -0.3 is 27.4 Å². The van der Waals surface area contributed by atoms with Crippen molar-refractivity contribution >= 4 is 196 Å². The Kier molecular flexibility index (Phi) is 13.7. The van der Waals surface area contributed by atoms with Crippen molar-refractivity contribution in [1.82, 2.24) is 47.3 Å². The molecule has 0 spiro atoms. The molecular formula is C118H74N10. The first-order valence-corrected chi connectivity index (χ1v) is 44.3. The highest BCUT2D eigenvalue weighted by atomic mass is 15.0. The van der Waals surface area contributed by atoms with Crippen molar-refractivity contribution < 1.29 is 0 Å². The van der Waals surface area contributed by atoms with Crippen LogP contribution in [-0.2, 0) is 10.8 Å². The second-order valence-corrected chi connectivity index (χ2v) is 36.3. The smallest absolute Gasteiger partial charge is 0.0969 e. The molecule has 2 aliphatic carbocycles. The Hall–Kier alpha value is -16.6. The molecule has 30 rings (SSSR count). The van der Waals surface area contributed by atoms with Crippen molar-refractivity contribution in [3.8, 4) is 56.4 Å². The van der Waals surface area contributed by atoms with Gasteiger partial charge in [0.05, 0.1) is 88.3 Å². The topological polar surface area (TPSA) is 81.1 Å². The molecule has 0 radical (unpaired) electrons. The van der Waals surface area contributed by atoms with E-state index in [2.05, 4.69) is 407 Å². The van der Waals surface area contributed by atoms with Crippen molar-refractivity contribution in [2.24, 2.45) is 0 Å². The van der Waals surface area contributed by atoms with E-state index in [1.165, 1.54) is 175 Å². The van der Waals surface area contributed by atoms with Crippen molar-refractivity contribution in [3.05, 3.63) is 399 Å². The van der Waals surface area contributed by atoms with Gasteiger partial charge >= 0.3 is 0 Å². The third kappa shape index (κ3) is 9.13. The van der Waals surface area contributed by atoms with Crippen LogP contribution in [0.1, 0.15) is 49.9 Å². The second-order valence-electron chi connectivity index (χ2n) is 36.3. The number of benzene rings is 18. The third-order valence-corrected chi connectivity index (χ3v) is 29.2. The van der Waals surface area contributed by atoms with Gasteiger partial charge in [0.1, 0.15) is 0 Å². The van der Waals surface area contributed by atoms with E-state index >= 15 is 0 Å². The maximum Gasteiger partial charge on any atom is 0.0969 e. The number of rotatable bonds is 6. The van der Waals surface area contributed by atoms with E-state index in [4.69, 9.17) is 19.9 Å². The number of pyridine rings is 4. The van der Waals surface area contributed by atoms with E-state index in [9.17, 15) is 0 Å². The summed E-state index contributed by atoms with van der Waals surface area (Å²) in [6.07, 6.45) is 7.74. The summed E-state index contributed by atoms with van der Waals surface area (Å²) in [5.74, 6) is 0. The highest BCUT2D eigenvalue weighted by Crippen LogP contribution is 2.55. The molecule has 596 valence electrons. The normalized spacial score (nSPS) is 13.6. The zero-order chi connectivity index (χ0) is 84.0. The summed E-state index contributed by atoms with van der Waals surface area (Å²) < 4.78 is 14.5. The third-order valence-electron chi connectivity index (χ3n) is 29.2. The summed E-state index contributed by atoms with van der Waals surface area (Å²) in [4.78, 5) is 20.5. The van der Waals surface area contributed by atoms with Gasteiger partial charge in [0.15, 0.2) is 0 Å². The Morgan fingerprint density at radius 1 is 0.172 bits per heavy atom. The SMILES string of the molecule is CC1(C)c2ccccc2-c2ccc(-n3c4cccnc4c4c5ccc6cc7c(c8ccc(cc43)c5c68)c3ncccc3n7-c3ccc4c(c3)C(C)(C)c3ccccc3-4)cc21.c1ccc(-n2c3ccccc3c3cc(-n4c5cccnc5c5c6ccc7cc8c(c9ccc(cc54)c6c79)c4ncccc4n8-c4ccc5c(c4)c4ccccc4n5-c4ccccc4)ccc32)cc1. The molecule has 10 aromatic heterocycles. The van der Waals surface area contributed by atoms with Gasteiger partial charge in [-0.2, -0.15) is 0 Å². The second kappa shape index (κ2) is 25.1. The van der Waals surface area contributed by atoms with E-state index in [0.29, 0.717) is 0 Å². The number of nitrogens with zero attached hydrogens (tertiary/aromatic N) is 10. The van der Waals surface area contributed by atoms with Crippen LogP contribution in [0.3, 0.4) is 0 Å². The van der Waals surface area contributed by atoms with Gasteiger partial charge in [0, 0.05) is 113 Å². The molecule has 0 saturated carbocycles. The van der Waals surface area contributed by atoms with Crippen LogP contribution in [0, 0.1) is 0 Å². The molecule has 0 aliphatic heterocycles. The van der Waals surface area contributed by atoms with Gasteiger partial charge in [-0.3, -0.25) is 19.9 Å². The van der Waals surface area contributed by atoms with E-state index < -0.39 is 0 Å². The molecule has 0 amide bonds. The van der Waals surface area contributed by atoms with Crippen LogP contribution in [0.4, 0.5) is 0 Å². The van der Waals surface area contributed by atoms with Gasteiger partial charge in [0.25, 0.3) is 0 Å². The molecule has 0 bridgehead atoms. The lowest BCUT2D eigenvalue weighted by Gasteiger charge is -2.22. The predicted octanol–water partition coefficient (Wildman–Crippen LogP) is 29.9. The maximum absolute atomic E-state index is 5.14. The summed E-state index contributed by atoms with van der Waals surface area (Å²) in [6.45, 7) is 9.43. The molecule has 28 aromatic rings. The lowest BCUT2D eigenvalue weighted by Crippen LogP contribution is -2.15. The zero-order valence-electron chi connectivity index (χ0n) is 70.3. The van der Waals surface area contributed by atoms with Gasteiger partial charge in [0.2, 0.25) is 0 Å². The van der Waals surface area contributed by atoms with Crippen LogP contribution >= 0.6 is 0 Å². The highest BCUT2D eigenvalue weighted by molar-refractivity contribution is 6.39. The molecule has 0 fully saturated rings. The minimum atomic E-state index is -0.0952. The number of fused-ring (bicyclic) bond motifs is 28. The molecule has 2 aliphatic rings. The van der Waals surface area contributed by atoms with Crippen molar-refractivity contribution in [3.63, 3.8) is 0 Å². The van der Waals surface area contributed by atoms with Crippen molar-refractivity contribution in [2.45, 2.75) is 38.5 Å². The molecule has 0 saturated heterocycles. The maximum atomic E-state index is 5.14. The zero-order valence-corrected chi connectivity index (χ0v) is 70.3. The van der Waals surface area contributed by atoms with E-state index in [-0.39, 0.29) is 10.8 Å². The first-order chi connectivity index (χ1) is 63.1. The van der Waals surface area contributed by atoms with Gasteiger partial charge in [-0.25, -0.2) is 0 Å². The van der Waals surface area contributed by atoms with Crippen LogP contribution in [0.15, 0.2) is 377 Å². The molecule has 0 N–H and O–H groups in total. The molecule has 10 heteroatoms. The fraction of sp³-hybridized carbons (Fsp3) is 0.0508. The van der Waals surface area contributed by atoms with Crippen LogP contribution in [-0.4, -0.2) is 47.3 Å². The van der Waals surface area contributed by atoms with Crippen molar-refractivity contribution in [1.29, 1.82) is 0 Å². The minimum absolute atomic E-state index is 0.0952. The summed E-state index contributed by atoms with van der Waals surface area (Å²) in [7, 11) is 0. The van der Waals surface area contributed by atoms with Crippen LogP contribution < -0.4 is 0 Å². The number of hydrogen-bond acceptors (Lipinski definition) is 4. The monoisotopic (exact) mass is 1630 g/mol. The first kappa shape index (κ1) is 69.9. The summed E-state index contributed by atoms with van der Waals surface area (Å²) in [5, 5.41) is 24.4. The molecule has 0 unspecified atom stereocenters. The Balaban J connectivity index is 0.000000128. The highest BCUT2D eigenvalue weighted by Gasteiger charge is 2.38. The molecular weight excluding hydrogens is 1560 g/mol. The van der Waals surface area contributed by atoms with Gasteiger partial charge in [-0.15, -0.1) is 0 Å². The summed E-state index contributed by atoms with van der Waals surface area (Å²) >= 11 is 0. The van der Waals surface area contributed by atoms with Crippen LogP contribution in [0.2, 0.25) is 0 Å². The average Bonchev–Trinajstić information content (AvgIpc) is 1.50. The molecule has 0 atom stereocenters. The van der Waals surface area contributed by atoms with Crippen LogP contribution in [0.5, 0.6) is 0 Å². The fourth-order valence-corrected chi connectivity index (χ4v) is 23.8. The Bertz CT molecular complexity index is 9230. The van der Waals surface area contributed by atoms with Crippen molar-refractivity contribution in [2.75, 3.05) is 0 Å². The number of hydrogen-bond donors (Lipinski definition) is 0. The standard InChI is InChI=1S/C62H36N6.C56H38N4/c1-3-13-39(14-4-1)65-49-19-9-7-17-43(49)47-35-41(25-29-51(47)65)67-53-21-11-31-63-61(53)59-45-27-24-38-34-56-60(46-28-23-37(33-55(59)67)57(45)58(38)46)62-54(22-12-32-64-62)68(56)42-26-30-52-48(36-42)44-18-8-10-20-50(44)66(52)40-15-5-2-6-16-40;1-55(2)41-13-7-5-11-35(41)37-23-19-33(29-43(37)55)59-45-15-9-25-57-53(45)51-39-21-18-32-28-48-52(40-22-17-31(27-47(51)59)49(39)50(32)40)54-46(16-10-26-58-54)60(48)34-20-24-38-36-12-6-8-14-42(36)56(3,4)44(38)30-34/h1-36H;5-30H,1-4H3. The predicted molar refractivity (Wildman–Crippen MR) is 533 cm³/mol. The largest absolute Gasteiger partial charge is 0.309 e. The lowest BCUT2D eigenvalue weighted by molar-refractivity contribution is 0.660. The quantitative estimate of drug-likeness (QED) is 0.155. The molecule has 128 heavy (non-hydrogen) atoms. The van der Waals surface area contributed by atoms with E-state index in [0.717, 1.165) is 100 Å². The Morgan fingerprint density at radius 3 is 0.797 bits per heavy atom. The van der Waals surface area contributed by atoms with E-state index in [1.54, 1.807) is 0 Å². The van der Waals surface area contributed by atoms with Gasteiger partial charge in [-0.05, 0) is 279 Å². The van der Waals surface area contributed by atoms with Crippen LogP contribution in [0.25, 0.3) is 252 Å². The summed E-state index contributed by atoms with van der Waals surface area (Å²) in [6, 6.07) is 130. The average molecular weight is 1630 g/mol. The Morgan fingerprint density at radius 2 is 0.445 bits per heavy atom. The Labute approximate surface area is 732 Å². The minimum Gasteiger partial charge on any atom is -0.309 e. The summed E-state index contributed by atoms with van der Waals surface area (Å²) in [5.41, 5.74) is 35.3. The number of para-hydroxylation sites is 4. The molecule has 10 heterocycles.